The van der Waals surface area contributed by atoms with Gasteiger partial charge in [-0.1, -0.05) is 33.6 Å². The summed E-state index contributed by atoms with van der Waals surface area (Å²) in [5.41, 5.74) is -1.55. The zero-order valence-electron chi connectivity index (χ0n) is 11.3. The van der Waals surface area contributed by atoms with E-state index in [1.165, 1.54) is 0 Å². The second-order valence-electron chi connectivity index (χ2n) is 4.54. The van der Waals surface area contributed by atoms with Gasteiger partial charge in [-0.25, -0.2) is 0 Å². The van der Waals surface area contributed by atoms with Gasteiger partial charge in [0.05, 0.1) is 12.1 Å². The van der Waals surface area contributed by atoms with Gasteiger partial charge in [-0.3, -0.25) is 0 Å². The molecule has 17 heavy (non-hydrogen) atoms. The van der Waals surface area contributed by atoms with Gasteiger partial charge < -0.3 is 0 Å². The number of hydrogen-bond acceptors (Lipinski definition) is 4. The molecule has 0 aromatic heterocycles. The van der Waals surface area contributed by atoms with Gasteiger partial charge in [0, 0.05) is 0 Å². The van der Waals surface area contributed by atoms with Gasteiger partial charge in [-0.2, -0.15) is 20.8 Å². The molecule has 0 fully saturated rings. The maximum absolute atomic E-state index is 9.26. The van der Waals surface area contributed by atoms with Crippen molar-refractivity contribution in [2.75, 3.05) is 0 Å². The van der Waals surface area contributed by atoms with Crippen LogP contribution in [0.4, 0.5) is 0 Å². The largest absolute Gasteiger partial charge is 0.196 e. The molecule has 0 aromatic carbocycles. The summed E-state index contributed by atoms with van der Waals surface area (Å²) in [6.45, 7) is 7.66. The summed E-state index contributed by atoms with van der Waals surface area (Å²) < 4.78 is 0. The second-order valence-corrected chi connectivity index (χ2v) is 4.54. The van der Waals surface area contributed by atoms with Crippen molar-refractivity contribution in [3.63, 3.8) is 0 Å². The van der Waals surface area contributed by atoms with Crippen molar-refractivity contribution in [2.45, 2.75) is 70.9 Å². The van der Waals surface area contributed by atoms with E-state index in [9.17, 15) is 5.26 Å². The normalized spacial score (nSPS) is 18.0. The molecule has 0 aromatic rings. The van der Waals surface area contributed by atoms with Crippen LogP contribution in [0.25, 0.3) is 0 Å². The first-order chi connectivity index (χ1) is 8.01. The van der Waals surface area contributed by atoms with E-state index < -0.39 is 11.1 Å². The first-order valence-electron chi connectivity index (χ1n) is 6.28. The van der Waals surface area contributed by atoms with Crippen molar-refractivity contribution in [3.05, 3.63) is 0 Å². The Morgan fingerprint density at radius 1 is 1.00 bits per heavy atom. The van der Waals surface area contributed by atoms with E-state index in [1.807, 2.05) is 13.8 Å². The monoisotopic (exact) mass is 234 g/mol. The van der Waals surface area contributed by atoms with Gasteiger partial charge in [-0.05, 0) is 26.2 Å². The molecule has 0 aliphatic rings. The molecule has 0 saturated carbocycles. The second kappa shape index (κ2) is 7.01. The Morgan fingerprint density at radius 3 is 2.00 bits per heavy atom. The Labute approximate surface area is 104 Å². The van der Waals surface area contributed by atoms with Gasteiger partial charge in [0.15, 0.2) is 11.1 Å². The van der Waals surface area contributed by atoms with Gasteiger partial charge in [0.1, 0.15) is 0 Å². The van der Waals surface area contributed by atoms with Crippen LogP contribution in [0.1, 0.15) is 59.8 Å². The van der Waals surface area contributed by atoms with Crippen LogP contribution >= 0.6 is 0 Å². The highest BCUT2D eigenvalue weighted by Crippen LogP contribution is 2.25. The van der Waals surface area contributed by atoms with Crippen molar-refractivity contribution in [3.8, 4) is 12.1 Å². The number of azo groups is 1. The number of nitriles is 2. The van der Waals surface area contributed by atoms with Crippen LogP contribution in [0, 0.1) is 22.7 Å². The molecular weight excluding hydrogens is 212 g/mol. The fourth-order valence-electron chi connectivity index (χ4n) is 1.30. The Morgan fingerprint density at radius 2 is 1.65 bits per heavy atom. The molecule has 0 bridgehead atoms. The number of hydrogen-bond donors (Lipinski definition) is 0. The number of rotatable bonds is 7. The zero-order valence-corrected chi connectivity index (χ0v) is 11.3. The fraction of sp³-hybridized carbons (Fsp3) is 0.846. The summed E-state index contributed by atoms with van der Waals surface area (Å²) in [7, 11) is 0. The number of nitrogens with zero attached hydrogens (tertiary/aromatic N) is 4. The van der Waals surface area contributed by atoms with Gasteiger partial charge in [0.2, 0.25) is 0 Å². The maximum atomic E-state index is 9.26. The summed E-state index contributed by atoms with van der Waals surface area (Å²) in [5.74, 6) is 0. The quantitative estimate of drug-likeness (QED) is 0.624. The predicted molar refractivity (Wildman–Crippen MR) is 67.3 cm³/mol. The van der Waals surface area contributed by atoms with E-state index in [4.69, 9.17) is 5.26 Å². The highest BCUT2D eigenvalue weighted by molar-refractivity contribution is 5.08. The highest BCUT2D eigenvalue weighted by atomic mass is 15.2. The maximum Gasteiger partial charge on any atom is 0.167 e. The van der Waals surface area contributed by atoms with E-state index in [1.54, 1.807) is 6.92 Å². The summed E-state index contributed by atoms with van der Waals surface area (Å²) in [6, 6.07) is 4.39. The lowest BCUT2D eigenvalue weighted by atomic mass is 9.92. The van der Waals surface area contributed by atoms with E-state index in [-0.39, 0.29) is 0 Å². The van der Waals surface area contributed by atoms with Crippen LogP contribution < -0.4 is 0 Å². The molecule has 0 spiro atoms. The molecule has 0 rings (SSSR count). The molecule has 0 aliphatic carbocycles. The number of unbranched alkanes of at least 4 members (excludes halogenated alkanes) is 1. The topological polar surface area (TPSA) is 72.3 Å². The summed E-state index contributed by atoms with van der Waals surface area (Å²) >= 11 is 0. The molecule has 0 amide bonds. The molecule has 2 atom stereocenters. The lowest BCUT2D eigenvalue weighted by Crippen LogP contribution is -2.25. The van der Waals surface area contributed by atoms with Gasteiger partial charge in [0.25, 0.3) is 0 Å². The summed E-state index contributed by atoms with van der Waals surface area (Å²) in [5, 5.41) is 26.6. The van der Waals surface area contributed by atoms with Crippen molar-refractivity contribution in [1.29, 1.82) is 10.5 Å². The smallest absolute Gasteiger partial charge is 0.167 e. The van der Waals surface area contributed by atoms with Crippen LogP contribution in [-0.4, -0.2) is 11.1 Å². The fourth-order valence-corrected chi connectivity index (χ4v) is 1.30. The zero-order chi connectivity index (χ0) is 13.4. The lowest BCUT2D eigenvalue weighted by molar-refractivity contribution is 0.413. The third kappa shape index (κ3) is 4.53. The lowest BCUT2D eigenvalue weighted by Gasteiger charge is -2.21. The molecule has 0 heterocycles. The molecule has 0 radical (unpaired) electrons. The van der Waals surface area contributed by atoms with Crippen molar-refractivity contribution < 1.29 is 0 Å². The van der Waals surface area contributed by atoms with Crippen molar-refractivity contribution in [2.24, 2.45) is 10.2 Å². The van der Waals surface area contributed by atoms with Crippen LogP contribution in [0.15, 0.2) is 10.2 Å². The molecule has 94 valence electrons. The van der Waals surface area contributed by atoms with Gasteiger partial charge >= 0.3 is 0 Å². The summed E-state index contributed by atoms with van der Waals surface area (Å²) in [4.78, 5) is 0. The average Bonchev–Trinajstić information content (AvgIpc) is 2.39. The Kier molecular flexibility index (Phi) is 6.43. The van der Waals surface area contributed by atoms with Crippen LogP contribution in [0.2, 0.25) is 0 Å². The Balaban J connectivity index is 4.95. The minimum absolute atomic E-state index is 0.603. The molecule has 0 saturated heterocycles. The third-order valence-corrected chi connectivity index (χ3v) is 3.13. The molecule has 4 heteroatoms. The Bertz CT molecular complexity index is 336. The van der Waals surface area contributed by atoms with Crippen molar-refractivity contribution in [1.82, 2.24) is 0 Å². The van der Waals surface area contributed by atoms with Crippen LogP contribution in [0.3, 0.4) is 0 Å². The van der Waals surface area contributed by atoms with E-state index in [0.717, 1.165) is 12.8 Å². The van der Waals surface area contributed by atoms with Crippen LogP contribution in [-0.2, 0) is 0 Å². The SMILES string of the molecule is CCCCC(C#N)(CC)N=NC(C)(C#N)CC. The third-order valence-electron chi connectivity index (χ3n) is 3.13. The Hall–Kier alpha value is -1.42. The predicted octanol–water partition coefficient (Wildman–Crippen LogP) is 3.99. The minimum Gasteiger partial charge on any atom is -0.196 e. The molecule has 0 aliphatic heterocycles. The van der Waals surface area contributed by atoms with Crippen molar-refractivity contribution >= 4 is 0 Å². The first-order valence-corrected chi connectivity index (χ1v) is 6.28. The first kappa shape index (κ1) is 15.6. The van der Waals surface area contributed by atoms with Gasteiger partial charge in [-0.15, -0.1) is 0 Å². The summed E-state index contributed by atoms with van der Waals surface area (Å²) in [6.07, 6.45) is 3.94. The minimum atomic E-state index is -0.802. The molecule has 0 N–H and O–H groups in total. The average molecular weight is 234 g/mol. The highest BCUT2D eigenvalue weighted by Gasteiger charge is 2.29. The van der Waals surface area contributed by atoms with E-state index in [0.29, 0.717) is 19.3 Å². The van der Waals surface area contributed by atoms with E-state index in [2.05, 4.69) is 29.3 Å². The molecule has 2 unspecified atom stereocenters. The van der Waals surface area contributed by atoms with Crippen LogP contribution in [0.5, 0.6) is 0 Å². The molecule has 4 nitrogen and oxygen atoms in total. The standard InChI is InChI=1S/C13H22N4/c1-5-8-9-13(7-3,11-15)17-16-12(4,6-2)10-14/h5-9H2,1-4H3. The van der Waals surface area contributed by atoms with E-state index >= 15 is 0 Å². The molecular formula is C13H22N4.